The second-order valence-electron chi connectivity index (χ2n) is 11.7. The smallest absolute Gasteiger partial charge is 0.355 e. The van der Waals surface area contributed by atoms with Crippen LogP contribution in [0, 0.1) is 17.5 Å². The number of rotatable bonds is 3. The van der Waals surface area contributed by atoms with Crippen molar-refractivity contribution in [3.63, 3.8) is 0 Å². The molecule has 1 saturated heterocycles. The van der Waals surface area contributed by atoms with Crippen molar-refractivity contribution in [1.29, 1.82) is 0 Å². The Bertz CT molecular complexity index is 1790. The summed E-state index contributed by atoms with van der Waals surface area (Å²) < 4.78 is 89.7. The number of hydrogen-bond donors (Lipinski definition) is 1. The lowest BCUT2D eigenvalue weighted by Gasteiger charge is -2.47. The number of aliphatic imine (C=N–C) groups is 1. The molecule has 0 spiro atoms. The van der Waals surface area contributed by atoms with Crippen LogP contribution in [0.2, 0.25) is 5.02 Å². The summed E-state index contributed by atoms with van der Waals surface area (Å²) in [5, 5.41) is 10.9. The van der Waals surface area contributed by atoms with Gasteiger partial charge in [-0.15, -0.1) is 11.8 Å². The Morgan fingerprint density at radius 2 is 1.77 bits per heavy atom. The summed E-state index contributed by atoms with van der Waals surface area (Å²) in [5.74, 6) is -3.92. The maximum absolute atomic E-state index is 15.4. The molecule has 4 heterocycles. The molecule has 3 aromatic rings. The van der Waals surface area contributed by atoms with E-state index in [2.05, 4.69) is 16.6 Å². The predicted molar refractivity (Wildman–Crippen MR) is 167 cm³/mol. The van der Waals surface area contributed by atoms with Crippen LogP contribution in [0.5, 0.6) is 0 Å². The number of aliphatic hydroxyl groups is 1. The summed E-state index contributed by atoms with van der Waals surface area (Å²) >= 11 is 6.91. The molecule has 1 aromatic heterocycles. The molecule has 1 amide bonds. The molecule has 0 radical (unpaired) electrons. The van der Waals surface area contributed by atoms with Gasteiger partial charge in [-0.05, 0) is 43.7 Å². The van der Waals surface area contributed by atoms with E-state index in [-0.39, 0.29) is 58.8 Å². The molecule has 1 N–H and O–H groups in total. The highest BCUT2D eigenvalue weighted by atomic mass is 35.5. The van der Waals surface area contributed by atoms with Crippen molar-refractivity contribution in [2.75, 3.05) is 30.3 Å². The Hall–Kier alpha value is -3.75. The van der Waals surface area contributed by atoms with Crippen LogP contribution in [-0.2, 0) is 11.0 Å². The molecule has 1 fully saturated rings. The van der Waals surface area contributed by atoms with Gasteiger partial charge in [0.2, 0.25) is 12.3 Å². The van der Waals surface area contributed by atoms with E-state index in [1.807, 2.05) is 0 Å². The summed E-state index contributed by atoms with van der Waals surface area (Å²) in [6.07, 6.45) is -3.05. The average molecular weight is 696 g/mol. The molecule has 3 aliphatic rings. The average Bonchev–Trinajstić information content (AvgIpc) is 3.21. The number of carbonyl (C=O) groups is 1. The summed E-state index contributed by atoms with van der Waals surface area (Å²) in [6.45, 7) is 7.41. The Balaban J connectivity index is 1.59. The summed E-state index contributed by atoms with van der Waals surface area (Å²) in [5.41, 5.74) is -2.01. The minimum absolute atomic E-state index is 0.0150. The number of anilines is 1. The van der Waals surface area contributed by atoms with Crippen LogP contribution in [0.1, 0.15) is 36.5 Å². The molecular weight excluding hydrogens is 668 g/mol. The third-order valence-corrected chi connectivity index (χ3v) is 10.2. The molecule has 0 saturated carbocycles. The van der Waals surface area contributed by atoms with Crippen molar-refractivity contribution in [2.45, 2.75) is 49.3 Å². The number of hydrogen-bond acceptors (Lipinski definition) is 7. The lowest BCUT2D eigenvalue weighted by atomic mass is 9.92. The minimum atomic E-state index is -5.03. The molecule has 3 aliphatic heterocycles. The number of carbonyl (C=O) groups excluding carboxylic acids is 1. The Kier molecular flexibility index (Phi) is 8.72. The summed E-state index contributed by atoms with van der Waals surface area (Å²) in [4.78, 5) is 25.5. The van der Waals surface area contributed by atoms with Crippen molar-refractivity contribution >= 4 is 40.8 Å². The second-order valence-corrected chi connectivity index (χ2v) is 13.1. The number of aliphatic hydroxyl groups excluding tert-OH is 1. The normalized spacial score (nSPS) is 22.9. The molecular formula is C32H28ClF6N5O2S. The molecule has 7 nitrogen and oxygen atoms in total. The summed E-state index contributed by atoms with van der Waals surface area (Å²) in [7, 11) is 0. The van der Waals surface area contributed by atoms with Gasteiger partial charge in [-0.3, -0.25) is 9.78 Å². The van der Waals surface area contributed by atoms with E-state index in [1.54, 1.807) is 23.6 Å². The van der Waals surface area contributed by atoms with Crippen LogP contribution in [0.25, 0.3) is 11.1 Å². The van der Waals surface area contributed by atoms with Gasteiger partial charge in [0.1, 0.15) is 23.3 Å². The molecule has 47 heavy (non-hydrogen) atoms. The highest BCUT2D eigenvalue weighted by Gasteiger charge is 2.45. The fourth-order valence-corrected chi connectivity index (χ4v) is 8.21. The summed E-state index contributed by atoms with van der Waals surface area (Å²) in [6, 6.07) is 2.75. The van der Waals surface area contributed by atoms with Crippen molar-refractivity contribution in [2.24, 2.45) is 4.99 Å². The molecule has 0 aliphatic carbocycles. The molecule has 2 aromatic carbocycles. The van der Waals surface area contributed by atoms with Crippen LogP contribution < -0.4 is 4.90 Å². The van der Waals surface area contributed by atoms with Crippen LogP contribution in [0.3, 0.4) is 0 Å². The molecule has 15 heteroatoms. The first-order chi connectivity index (χ1) is 22.2. The van der Waals surface area contributed by atoms with E-state index in [1.165, 1.54) is 23.2 Å². The van der Waals surface area contributed by atoms with Crippen LogP contribution in [0.15, 0.2) is 59.2 Å². The largest absolute Gasteiger partial charge is 0.417 e. The first kappa shape index (κ1) is 33.2. The van der Waals surface area contributed by atoms with Gasteiger partial charge < -0.3 is 19.8 Å². The van der Waals surface area contributed by atoms with Gasteiger partial charge in [-0.1, -0.05) is 18.2 Å². The number of thioether (sulfide) groups is 1. The first-order valence-corrected chi connectivity index (χ1v) is 15.9. The van der Waals surface area contributed by atoms with Crippen molar-refractivity contribution in [3.8, 4) is 11.1 Å². The third-order valence-electron chi connectivity index (χ3n) is 8.62. The lowest BCUT2D eigenvalue weighted by molar-refractivity contribution is -0.137. The molecule has 4 atom stereocenters. The zero-order valence-electron chi connectivity index (χ0n) is 25.0. The zero-order valence-corrected chi connectivity index (χ0v) is 26.6. The van der Waals surface area contributed by atoms with Crippen molar-refractivity contribution in [3.05, 3.63) is 88.5 Å². The minimum Gasteiger partial charge on any atom is -0.355 e. The molecule has 248 valence electrons. The van der Waals surface area contributed by atoms with Crippen LogP contribution in [0.4, 0.5) is 32.0 Å². The van der Waals surface area contributed by atoms with Gasteiger partial charge in [0.15, 0.2) is 0 Å². The van der Waals surface area contributed by atoms with Crippen molar-refractivity contribution in [1.82, 2.24) is 14.8 Å². The number of pyridine rings is 1. The van der Waals surface area contributed by atoms with Gasteiger partial charge in [0, 0.05) is 77.2 Å². The van der Waals surface area contributed by atoms with E-state index < -0.39 is 69.7 Å². The fraction of sp³-hybridized carbons (Fsp3) is 0.344. The lowest BCUT2D eigenvalue weighted by Crippen LogP contribution is -2.60. The van der Waals surface area contributed by atoms with Crippen LogP contribution >= 0.6 is 23.4 Å². The maximum atomic E-state index is 15.4. The first-order valence-electron chi connectivity index (χ1n) is 14.6. The number of piperazine rings is 1. The number of nitrogens with zero attached hydrogens (tertiary/aromatic N) is 5. The van der Waals surface area contributed by atoms with Gasteiger partial charge in [0.25, 0.3) is 0 Å². The Morgan fingerprint density at radius 1 is 1.06 bits per heavy atom. The number of halogens is 7. The Labute approximate surface area is 275 Å². The number of aromatic nitrogens is 1. The highest BCUT2D eigenvalue weighted by Crippen LogP contribution is 2.53. The second kappa shape index (κ2) is 12.4. The SMILES string of the molecule is C=CC(=O)N1[C@H](C)CN(C2=NC(O)N3C[C@H](c4ccncc4F)CSc4c(-c5cc(Cl)c(F)cc5F)c(C(F)(F)F)cc2c43)C[C@@H]1C. The monoisotopic (exact) mass is 695 g/mol. The van der Waals surface area contributed by atoms with E-state index >= 15 is 17.6 Å². The van der Waals surface area contributed by atoms with E-state index in [0.29, 0.717) is 6.07 Å². The highest BCUT2D eigenvalue weighted by molar-refractivity contribution is 7.99. The Morgan fingerprint density at radius 3 is 2.40 bits per heavy atom. The molecule has 1 unspecified atom stereocenters. The van der Waals surface area contributed by atoms with E-state index in [0.717, 1.165) is 30.1 Å². The van der Waals surface area contributed by atoms with E-state index in [4.69, 9.17) is 11.6 Å². The van der Waals surface area contributed by atoms with E-state index in [9.17, 15) is 18.7 Å². The molecule has 6 rings (SSSR count). The fourth-order valence-electron chi connectivity index (χ4n) is 6.67. The standard InChI is InChI=1S/C32H28ClF6N5O2S/c1-4-26(45)44-15(2)11-42(12-16(44)3)30-20-7-21(32(37,38)39)27(19-8-22(33)24(35)9-23(19)34)29-28(20)43(31(46)41-30)13-17(14-47-29)18-5-6-40-10-25(18)36/h4-10,15-17,31,46H,1,11-14H2,2-3H3/t15-,16+,17-,31?/m0/s1. The number of alkyl halides is 3. The van der Waals surface area contributed by atoms with Crippen LogP contribution in [-0.4, -0.2) is 75.5 Å². The number of benzene rings is 2. The van der Waals surface area contributed by atoms with Gasteiger partial charge >= 0.3 is 6.18 Å². The predicted octanol–water partition coefficient (Wildman–Crippen LogP) is 6.68. The molecule has 0 bridgehead atoms. The quantitative estimate of drug-likeness (QED) is 0.187. The zero-order chi connectivity index (χ0) is 33.9. The maximum Gasteiger partial charge on any atom is 0.417 e. The van der Waals surface area contributed by atoms with Gasteiger partial charge in [-0.25, -0.2) is 18.2 Å². The third kappa shape index (κ3) is 5.84. The van der Waals surface area contributed by atoms with Crippen molar-refractivity contribution < 1.29 is 36.2 Å². The van der Waals surface area contributed by atoms with Gasteiger partial charge in [0.05, 0.1) is 22.5 Å². The number of amides is 1. The topological polar surface area (TPSA) is 72.3 Å². The van der Waals surface area contributed by atoms with Gasteiger partial charge in [-0.2, -0.15) is 13.2 Å². The number of amidine groups is 1.